The molecule has 0 aliphatic heterocycles. The van der Waals surface area contributed by atoms with Crippen LogP contribution in [0.1, 0.15) is 42.5 Å². The van der Waals surface area contributed by atoms with E-state index in [9.17, 15) is 13.2 Å². The molecular formula is C25H26F3N7O2. The molecule has 12 heteroatoms. The molecule has 0 unspecified atom stereocenters. The molecule has 0 atom stereocenters. The van der Waals surface area contributed by atoms with Crippen LogP contribution in [0.5, 0.6) is 5.88 Å². The molecule has 0 bridgehead atoms. The molecule has 1 aromatic carbocycles. The molecule has 37 heavy (non-hydrogen) atoms. The highest BCUT2D eigenvalue weighted by atomic mass is 19.3. The van der Waals surface area contributed by atoms with E-state index in [2.05, 4.69) is 25.3 Å². The third kappa shape index (κ3) is 5.85. The molecule has 4 aromatic rings. The summed E-state index contributed by atoms with van der Waals surface area (Å²) in [5, 5.41) is 17.5. The van der Waals surface area contributed by atoms with Crippen molar-refractivity contribution in [2.45, 2.75) is 46.3 Å². The van der Waals surface area contributed by atoms with Crippen molar-refractivity contribution in [3.63, 3.8) is 0 Å². The van der Waals surface area contributed by atoms with Crippen LogP contribution in [0.4, 0.5) is 19.1 Å². The smallest absolute Gasteiger partial charge is 0.280 e. The Morgan fingerprint density at radius 2 is 1.84 bits per heavy atom. The van der Waals surface area contributed by atoms with Gasteiger partial charge < -0.3 is 15.6 Å². The van der Waals surface area contributed by atoms with Gasteiger partial charge in [-0.1, -0.05) is 12.1 Å². The van der Waals surface area contributed by atoms with E-state index in [4.69, 9.17) is 15.6 Å². The quantitative estimate of drug-likeness (QED) is 0.322. The summed E-state index contributed by atoms with van der Waals surface area (Å²) in [6.07, 6.45) is -1.65. The van der Waals surface area contributed by atoms with Gasteiger partial charge in [-0.3, -0.25) is 4.98 Å². The fraction of sp³-hybridized carbons (Fsp3) is 0.320. The van der Waals surface area contributed by atoms with Gasteiger partial charge in [0.25, 0.3) is 6.43 Å². The van der Waals surface area contributed by atoms with Crippen LogP contribution < -0.4 is 10.5 Å². The van der Waals surface area contributed by atoms with E-state index < -0.39 is 17.9 Å². The van der Waals surface area contributed by atoms with E-state index in [1.807, 2.05) is 6.92 Å². The van der Waals surface area contributed by atoms with Crippen molar-refractivity contribution < 1.29 is 23.0 Å². The molecule has 0 saturated heterocycles. The van der Waals surface area contributed by atoms with Crippen molar-refractivity contribution in [2.75, 3.05) is 12.3 Å². The molecule has 0 amide bonds. The van der Waals surface area contributed by atoms with E-state index >= 15 is 0 Å². The van der Waals surface area contributed by atoms with Gasteiger partial charge in [0.1, 0.15) is 23.8 Å². The van der Waals surface area contributed by atoms with Crippen molar-refractivity contribution in [3.05, 3.63) is 65.0 Å². The van der Waals surface area contributed by atoms with Crippen molar-refractivity contribution >= 4 is 5.95 Å². The lowest BCUT2D eigenvalue weighted by Crippen LogP contribution is -2.09. The molecule has 0 aliphatic carbocycles. The number of rotatable bonds is 10. The Bertz CT molecular complexity index is 1380. The number of alkyl halides is 2. The summed E-state index contributed by atoms with van der Waals surface area (Å²) in [5.41, 5.74) is 8.77. The first-order chi connectivity index (χ1) is 17.8. The highest BCUT2D eigenvalue weighted by Gasteiger charge is 2.22. The molecule has 0 fully saturated rings. The number of aromatic nitrogens is 6. The Morgan fingerprint density at radius 1 is 1.08 bits per heavy atom. The summed E-state index contributed by atoms with van der Waals surface area (Å²) in [7, 11) is 0. The molecular weight excluding hydrogens is 487 g/mol. The second kappa shape index (κ2) is 11.3. The SMILES string of the molecule is CCc1c(COc2nc(N)nc(-c3ccc(F)cc3)c2-c2cc(C)nc(C(F)F)c2)nnn1CCCO. The number of hydrogen-bond acceptors (Lipinski definition) is 8. The maximum Gasteiger partial charge on any atom is 0.280 e. The zero-order valence-electron chi connectivity index (χ0n) is 20.3. The minimum atomic E-state index is -2.80. The summed E-state index contributed by atoms with van der Waals surface area (Å²) in [5.74, 6) is -0.509. The molecule has 3 N–H and O–H groups in total. The van der Waals surface area contributed by atoms with E-state index in [1.54, 1.807) is 17.7 Å². The van der Waals surface area contributed by atoms with Crippen LogP contribution in [0.3, 0.4) is 0 Å². The van der Waals surface area contributed by atoms with E-state index in [-0.39, 0.29) is 30.7 Å². The summed E-state index contributed by atoms with van der Waals surface area (Å²) in [6.45, 7) is 4.05. The van der Waals surface area contributed by atoms with E-state index in [1.165, 1.54) is 30.3 Å². The Kier molecular flexibility index (Phi) is 7.97. The minimum Gasteiger partial charge on any atom is -0.470 e. The van der Waals surface area contributed by atoms with Gasteiger partial charge in [-0.15, -0.1) is 5.10 Å². The number of nitrogen functional groups attached to an aromatic ring is 1. The first kappa shape index (κ1) is 26.0. The van der Waals surface area contributed by atoms with E-state index in [0.717, 1.165) is 5.69 Å². The number of aliphatic hydroxyl groups excluding tert-OH is 1. The lowest BCUT2D eigenvalue weighted by molar-refractivity contribution is 0.146. The molecule has 194 valence electrons. The van der Waals surface area contributed by atoms with Crippen molar-refractivity contribution in [1.29, 1.82) is 0 Å². The molecule has 0 aliphatic rings. The predicted octanol–water partition coefficient (Wildman–Crippen LogP) is 4.29. The van der Waals surface area contributed by atoms with Gasteiger partial charge in [0, 0.05) is 24.4 Å². The molecule has 3 aromatic heterocycles. The Hall–Kier alpha value is -4.06. The Labute approximate surface area is 211 Å². The van der Waals surface area contributed by atoms with Gasteiger partial charge in [0.2, 0.25) is 11.8 Å². The average Bonchev–Trinajstić information content (AvgIpc) is 3.27. The maximum atomic E-state index is 13.6. The highest BCUT2D eigenvalue weighted by Crippen LogP contribution is 2.39. The summed E-state index contributed by atoms with van der Waals surface area (Å²) >= 11 is 0. The van der Waals surface area contributed by atoms with Gasteiger partial charge in [-0.25, -0.2) is 22.8 Å². The zero-order valence-corrected chi connectivity index (χ0v) is 20.3. The number of anilines is 1. The van der Waals surface area contributed by atoms with Crippen LogP contribution in [0.25, 0.3) is 22.4 Å². The fourth-order valence-corrected chi connectivity index (χ4v) is 3.99. The number of ether oxygens (including phenoxy) is 1. The van der Waals surface area contributed by atoms with Crippen molar-refractivity contribution in [2.24, 2.45) is 0 Å². The number of aryl methyl sites for hydroxylation is 2. The molecule has 0 saturated carbocycles. The standard InChI is InChI=1S/C25H26F3N7O2/c1-3-20-19(33-34-35(20)9-4-10-36)13-37-24-21(16-11-14(2)30-18(12-16)23(27)28)22(31-25(29)32-24)15-5-7-17(26)8-6-15/h5-8,11-12,23,36H,3-4,9-10,13H2,1-2H3,(H2,29,31,32). The Morgan fingerprint density at radius 3 is 2.51 bits per heavy atom. The van der Waals surface area contributed by atoms with Crippen molar-refractivity contribution in [3.8, 4) is 28.3 Å². The lowest BCUT2D eigenvalue weighted by atomic mass is 9.99. The second-order valence-electron chi connectivity index (χ2n) is 8.27. The van der Waals surface area contributed by atoms with Crippen LogP contribution in [0.15, 0.2) is 36.4 Å². The van der Waals surface area contributed by atoms with Gasteiger partial charge in [-0.2, -0.15) is 4.98 Å². The lowest BCUT2D eigenvalue weighted by Gasteiger charge is -2.16. The summed E-state index contributed by atoms with van der Waals surface area (Å²) in [6, 6.07) is 8.40. The summed E-state index contributed by atoms with van der Waals surface area (Å²) in [4.78, 5) is 12.5. The van der Waals surface area contributed by atoms with Gasteiger partial charge >= 0.3 is 0 Å². The van der Waals surface area contributed by atoms with Crippen LogP contribution in [0, 0.1) is 12.7 Å². The molecule has 4 rings (SSSR count). The zero-order chi connectivity index (χ0) is 26.5. The fourth-order valence-electron chi connectivity index (χ4n) is 3.99. The van der Waals surface area contributed by atoms with Gasteiger partial charge in [-0.05, 0) is 61.7 Å². The number of hydrogen-bond donors (Lipinski definition) is 2. The number of nitrogens with zero attached hydrogens (tertiary/aromatic N) is 6. The third-order valence-corrected chi connectivity index (χ3v) is 5.62. The highest BCUT2D eigenvalue weighted by molar-refractivity contribution is 5.85. The van der Waals surface area contributed by atoms with Crippen LogP contribution >= 0.6 is 0 Å². The number of aliphatic hydroxyl groups is 1. The predicted molar refractivity (Wildman–Crippen MR) is 130 cm³/mol. The second-order valence-corrected chi connectivity index (χ2v) is 8.27. The number of nitrogens with two attached hydrogens (primary N) is 1. The van der Waals surface area contributed by atoms with Gasteiger partial charge in [0.05, 0.1) is 17.0 Å². The summed E-state index contributed by atoms with van der Waals surface area (Å²) < 4.78 is 48.6. The topological polar surface area (TPSA) is 125 Å². The number of benzene rings is 1. The monoisotopic (exact) mass is 513 g/mol. The molecule has 9 nitrogen and oxygen atoms in total. The van der Waals surface area contributed by atoms with Crippen LogP contribution in [-0.4, -0.2) is 41.7 Å². The van der Waals surface area contributed by atoms with Crippen LogP contribution in [-0.2, 0) is 19.6 Å². The average molecular weight is 514 g/mol. The van der Waals surface area contributed by atoms with Crippen LogP contribution in [0.2, 0.25) is 0 Å². The van der Waals surface area contributed by atoms with Gasteiger partial charge in [0.15, 0.2) is 0 Å². The normalized spacial score (nSPS) is 11.3. The maximum absolute atomic E-state index is 13.6. The molecule has 3 heterocycles. The van der Waals surface area contributed by atoms with E-state index in [0.29, 0.717) is 47.5 Å². The number of pyridine rings is 1. The molecule has 0 radical (unpaired) electrons. The largest absolute Gasteiger partial charge is 0.470 e. The Balaban J connectivity index is 1.83. The third-order valence-electron chi connectivity index (χ3n) is 5.62. The first-order valence-electron chi connectivity index (χ1n) is 11.7. The number of halogens is 3. The van der Waals surface area contributed by atoms with Crippen molar-refractivity contribution in [1.82, 2.24) is 29.9 Å². The first-order valence-corrected chi connectivity index (χ1v) is 11.7. The molecule has 0 spiro atoms. The minimum absolute atomic E-state index is 0.0243.